The maximum Gasteiger partial charge on any atom is 0.152 e. The van der Waals surface area contributed by atoms with Gasteiger partial charge in [0.05, 0.1) is 18.2 Å². The van der Waals surface area contributed by atoms with Crippen molar-refractivity contribution in [1.82, 2.24) is 4.98 Å². The highest BCUT2D eigenvalue weighted by atomic mass is 16.3. The van der Waals surface area contributed by atoms with Gasteiger partial charge in [0, 0.05) is 22.0 Å². The Balaban J connectivity index is 2.37. The van der Waals surface area contributed by atoms with Crippen molar-refractivity contribution in [2.75, 3.05) is 0 Å². The number of rotatable bonds is 2. The Morgan fingerprint density at radius 3 is 2.81 bits per heavy atom. The number of para-hydroxylation sites is 1. The predicted molar refractivity (Wildman–Crippen MR) is 61.4 cm³/mol. The SMILES string of the molecule is O=Cc1c(-c2ccoc2)[nH]c2ccccc12. The molecule has 2 heterocycles. The Morgan fingerprint density at radius 2 is 2.06 bits per heavy atom. The van der Waals surface area contributed by atoms with Gasteiger partial charge in [-0.15, -0.1) is 0 Å². The van der Waals surface area contributed by atoms with Crippen molar-refractivity contribution in [3.05, 3.63) is 48.4 Å². The van der Waals surface area contributed by atoms with Crippen LogP contribution in [0.2, 0.25) is 0 Å². The number of carbonyl (C=O) groups is 1. The van der Waals surface area contributed by atoms with Crippen LogP contribution < -0.4 is 0 Å². The van der Waals surface area contributed by atoms with E-state index >= 15 is 0 Å². The number of hydrogen-bond donors (Lipinski definition) is 1. The van der Waals surface area contributed by atoms with Crippen molar-refractivity contribution in [1.29, 1.82) is 0 Å². The van der Waals surface area contributed by atoms with Crippen molar-refractivity contribution in [2.45, 2.75) is 0 Å². The highest BCUT2D eigenvalue weighted by Gasteiger charge is 2.12. The third kappa shape index (κ3) is 1.18. The standard InChI is InChI=1S/C13H9NO2/c15-7-11-10-3-1-2-4-12(10)14-13(11)9-5-6-16-8-9/h1-8,14H. The maximum absolute atomic E-state index is 11.1. The largest absolute Gasteiger partial charge is 0.472 e. The average Bonchev–Trinajstić information content (AvgIpc) is 2.95. The zero-order valence-electron chi connectivity index (χ0n) is 8.44. The lowest BCUT2D eigenvalue weighted by Gasteiger charge is -1.92. The molecule has 0 atom stereocenters. The highest BCUT2D eigenvalue weighted by molar-refractivity contribution is 6.04. The molecule has 0 spiro atoms. The molecule has 3 heteroatoms. The molecule has 2 aromatic heterocycles. The minimum absolute atomic E-state index is 0.678. The van der Waals surface area contributed by atoms with Gasteiger partial charge < -0.3 is 9.40 Å². The van der Waals surface area contributed by atoms with Gasteiger partial charge in [-0.05, 0) is 12.1 Å². The van der Waals surface area contributed by atoms with Crippen LogP contribution in [0.1, 0.15) is 10.4 Å². The van der Waals surface area contributed by atoms with Gasteiger partial charge in [-0.25, -0.2) is 0 Å². The van der Waals surface area contributed by atoms with Crippen LogP contribution in [0.4, 0.5) is 0 Å². The number of H-pyrrole nitrogens is 1. The van der Waals surface area contributed by atoms with Gasteiger partial charge >= 0.3 is 0 Å². The van der Waals surface area contributed by atoms with E-state index in [4.69, 9.17) is 4.42 Å². The van der Waals surface area contributed by atoms with Crippen molar-refractivity contribution >= 4 is 17.2 Å². The van der Waals surface area contributed by atoms with Crippen LogP contribution in [0.15, 0.2) is 47.3 Å². The Labute approximate surface area is 91.7 Å². The van der Waals surface area contributed by atoms with Crippen molar-refractivity contribution in [2.24, 2.45) is 0 Å². The van der Waals surface area contributed by atoms with E-state index in [2.05, 4.69) is 4.98 Å². The molecule has 0 saturated carbocycles. The van der Waals surface area contributed by atoms with E-state index < -0.39 is 0 Å². The van der Waals surface area contributed by atoms with Crippen LogP contribution in [-0.4, -0.2) is 11.3 Å². The fourth-order valence-electron chi connectivity index (χ4n) is 1.92. The number of fused-ring (bicyclic) bond motifs is 1. The smallest absolute Gasteiger partial charge is 0.152 e. The second-order valence-electron chi connectivity index (χ2n) is 3.59. The molecule has 16 heavy (non-hydrogen) atoms. The van der Waals surface area contributed by atoms with Gasteiger partial charge in [0.1, 0.15) is 0 Å². The number of aldehydes is 1. The predicted octanol–water partition coefficient (Wildman–Crippen LogP) is 3.24. The monoisotopic (exact) mass is 211 g/mol. The molecule has 0 amide bonds. The molecular weight excluding hydrogens is 202 g/mol. The van der Waals surface area contributed by atoms with Gasteiger partial charge in [0.25, 0.3) is 0 Å². The molecule has 0 aliphatic heterocycles. The summed E-state index contributed by atoms with van der Waals surface area (Å²) in [6, 6.07) is 9.57. The Bertz CT molecular complexity index is 635. The summed E-state index contributed by atoms with van der Waals surface area (Å²) in [6.07, 6.45) is 4.09. The minimum atomic E-state index is 0.678. The Hall–Kier alpha value is -2.29. The topological polar surface area (TPSA) is 46.0 Å². The number of nitrogens with one attached hydrogen (secondary N) is 1. The molecule has 0 fully saturated rings. The van der Waals surface area contributed by atoms with E-state index in [-0.39, 0.29) is 0 Å². The van der Waals surface area contributed by atoms with Crippen LogP contribution >= 0.6 is 0 Å². The van der Waals surface area contributed by atoms with Crippen molar-refractivity contribution < 1.29 is 9.21 Å². The van der Waals surface area contributed by atoms with Gasteiger partial charge in [-0.2, -0.15) is 0 Å². The maximum atomic E-state index is 11.1. The lowest BCUT2D eigenvalue weighted by Crippen LogP contribution is -1.81. The first-order chi connectivity index (χ1) is 7.90. The number of carbonyl (C=O) groups excluding carboxylic acids is 1. The lowest BCUT2D eigenvalue weighted by molar-refractivity contribution is 0.112. The summed E-state index contributed by atoms with van der Waals surface area (Å²) in [5, 5.41) is 0.939. The number of hydrogen-bond acceptors (Lipinski definition) is 2. The van der Waals surface area contributed by atoms with Gasteiger partial charge in [-0.3, -0.25) is 4.79 Å². The molecule has 0 bridgehead atoms. The molecule has 1 N–H and O–H groups in total. The molecule has 0 unspecified atom stereocenters. The summed E-state index contributed by atoms with van der Waals surface area (Å²) >= 11 is 0. The molecule has 1 aromatic carbocycles. The minimum Gasteiger partial charge on any atom is -0.472 e. The number of aromatic nitrogens is 1. The molecule has 78 valence electrons. The second-order valence-corrected chi connectivity index (χ2v) is 3.59. The first kappa shape index (κ1) is 8.97. The summed E-state index contributed by atoms with van der Waals surface area (Å²) in [5.74, 6) is 0. The van der Waals surface area contributed by atoms with E-state index in [0.29, 0.717) is 5.56 Å². The lowest BCUT2D eigenvalue weighted by atomic mass is 10.1. The number of furan rings is 1. The zero-order chi connectivity index (χ0) is 11.0. The number of aromatic amines is 1. The molecule has 0 saturated heterocycles. The van der Waals surface area contributed by atoms with Crippen molar-refractivity contribution in [3.63, 3.8) is 0 Å². The summed E-state index contributed by atoms with van der Waals surface area (Å²) in [7, 11) is 0. The van der Waals surface area contributed by atoms with E-state index in [1.54, 1.807) is 12.5 Å². The van der Waals surface area contributed by atoms with E-state index in [9.17, 15) is 4.79 Å². The normalized spacial score (nSPS) is 10.8. The summed E-state index contributed by atoms with van der Waals surface area (Å²) in [5.41, 5.74) is 3.33. The molecule has 0 aliphatic rings. The van der Waals surface area contributed by atoms with Crippen molar-refractivity contribution in [3.8, 4) is 11.3 Å². The molecule has 0 radical (unpaired) electrons. The number of benzene rings is 1. The van der Waals surface area contributed by atoms with Crippen LogP contribution in [0.5, 0.6) is 0 Å². The first-order valence-electron chi connectivity index (χ1n) is 4.98. The van der Waals surface area contributed by atoms with Crippen LogP contribution in [0, 0.1) is 0 Å². The quantitative estimate of drug-likeness (QED) is 0.661. The van der Waals surface area contributed by atoms with E-state index in [1.165, 1.54) is 0 Å². The van der Waals surface area contributed by atoms with Gasteiger partial charge in [0.15, 0.2) is 6.29 Å². The molecular formula is C13H9NO2. The Morgan fingerprint density at radius 1 is 1.19 bits per heavy atom. The molecule has 3 nitrogen and oxygen atoms in total. The van der Waals surface area contributed by atoms with Crippen LogP contribution in [0.25, 0.3) is 22.2 Å². The summed E-state index contributed by atoms with van der Waals surface area (Å²) < 4.78 is 5.03. The second kappa shape index (κ2) is 3.38. The summed E-state index contributed by atoms with van der Waals surface area (Å²) in [6.45, 7) is 0. The highest BCUT2D eigenvalue weighted by Crippen LogP contribution is 2.28. The van der Waals surface area contributed by atoms with Crippen LogP contribution in [-0.2, 0) is 0 Å². The summed E-state index contributed by atoms with van der Waals surface area (Å²) in [4.78, 5) is 14.4. The van der Waals surface area contributed by atoms with Gasteiger partial charge in [0.2, 0.25) is 0 Å². The molecule has 3 rings (SSSR count). The average molecular weight is 211 g/mol. The third-order valence-electron chi connectivity index (χ3n) is 2.67. The molecule has 3 aromatic rings. The first-order valence-corrected chi connectivity index (χ1v) is 4.98. The fourth-order valence-corrected chi connectivity index (χ4v) is 1.92. The fraction of sp³-hybridized carbons (Fsp3) is 0. The van der Waals surface area contributed by atoms with Gasteiger partial charge in [-0.1, -0.05) is 18.2 Å². The van der Waals surface area contributed by atoms with E-state index in [0.717, 1.165) is 28.4 Å². The van der Waals surface area contributed by atoms with Crippen LogP contribution in [0.3, 0.4) is 0 Å². The van der Waals surface area contributed by atoms with E-state index in [1.807, 2.05) is 30.3 Å². The Kier molecular flexibility index (Phi) is 1.90. The third-order valence-corrected chi connectivity index (χ3v) is 2.67. The molecule has 0 aliphatic carbocycles. The zero-order valence-corrected chi connectivity index (χ0v) is 8.44.